The number of benzene rings is 1. The van der Waals surface area contributed by atoms with Gasteiger partial charge in [0.1, 0.15) is 5.69 Å². The first-order chi connectivity index (χ1) is 8.81. The fraction of sp³-hybridized carbons (Fsp3) is 0.154. The van der Waals surface area contributed by atoms with Crippen molar-refractivity contribution in [3.05, 3.63) is 42.2 Å². The third kappa shape index (κ3) is 2.74. The molecule has 0 aliphatic heterocycles. The highest BCUT2D eigenvalue weighted by Gasteiger charge is 2.03. The molecule has 0 spiro atoms. The maximum atomic E-state index is 11.1. The third-order valence-electron chi connectivity index (χ3n) is 2.12. The molecule has 0 N–H and O–H groups in total. The maximum Gasteiger partial charge on any atom is 0.384 e. The minimum atomic E-state index is -0.557. The number of carbonyl (C=O) groups is 1. The van der Waals surface area contributed by atoms with Gasteiger partial charge in [-0.2, -0.15) is 0 Å². The van der Waals surface area contributed by atoms with Gasteiger partial charge >= 0.3 is 5.97 Å². The van der Waals surface area contributed by atoms with Crippen molar-refractivity contribution in [2.75, 3.05) is 6.61 Å². The van der Waals surface area contributed by atoms with Crippen molar-refractivity contribution >= 4 is 5.97 Å². The van der Waals surface area contributed by atoms with Crippen molar-refractivity contribution in [3.63, 3.8) is 0 Å². The Hall–Kier alpha value is -2.61. The van der Waals surface area contributed by atoms with Gasteiger partial charge in [0.15, 0.2) is 0 Å². The number of hydrogen-bond donors (Lipinski definition) is 0. The molecule has 5 nitrogen and oxygen atoms in total. The second-order valence-electron chi connectivity index (χ2n) is 3.34. The van der Waals surface area contributed by atoms with Crippen LogP contribution in [0.25, 0.3) is 5.69 Å². The SMILES string of the molecule is CCOC(=O)C#Cc1cnnn1-c1ccccc1. The van der Waals surface area contributed by atoms with Gasteiger partial charge in [-0.05, 0) is 25.0 Å². The van der Waals surface area contributed by atoms with Crippen LogP contribution in [0.2, 0.25) is 0 Å². The van der Waals surface area contributed by atoms with Crippen LogP contribution in [-0.4, -0.2) is 27.6 Å². The Labute approximate surface area is 104 Å². The van der Waals surface area contributed by atoms with Crippen LogP contribution < -0.4 is 0 Å². The fourth-order valence-corrected chi connectivity index (χ4v) is 1.36. The summed E-state index contributed by atoms with van der Waals surface area (Å²) in [7, 11) is 0. The third-order valence-corrected chi connectivity index (χ3v) is 2.12. The van der Waals surface area contributed by atoms with E-state index in [1.54, 1.807) is 11.6 Å². The van der Waals surface area contributed by atoms with Gasteiger partial charge in [-0.15, -0.1) is 5.10 Å². The number of aromatic nitrogens is 3. The normalized spacial score (nSPS) is 9.39. The van der Waals surface area contributed by atoms with Crippen LogP contribution in [0.15, 0.2) is 36.5 Å². The highest BCUT2D eigenvalue weighted by atomic mass is 16.5. The quantitative estimate of drug-likeness (QED) is 0.585. The molecule has 1 aromatic heterocycles. The van der Waals surface area contributed by atoms with E-state index in [-0.39, 0.29) is 0 Å². The molecule has 0 amide bonds. The molecule has 0 atom stereocenters. The van der Waals surface area contributed by atoms with Crippen LogP contribution in [0, 0.1) is 11.8 Å². The molecule has 5 heteroatoms. The topological polar surface area (TPSA) is 57.0 Å². The molecule has 0 unspecified atom stereocenters. The first-order valence-electron chi connectivity index (χ1n) is 5.46. The highest BCUT2D eigenvalue weighted by molar-refractivity contribution is 5.89. The number of nitrogens with zero attached hydrogens (tertiary/aromatic N) is 3. The molecule has 0 aliphatic carbocycles. The second kappa shape index (κ2) is 5.64. The molecule has 1 aromatic carbocycles. The molecule has 0 fully saturated rings. The lowest BCUT2D eigenvalue weighted by molar-refractivity contribution is -0.136. The van der Waals surface area contributed by atoms with Crippen LogP contribution in [-0.2, 0) is 9.53 Å². The van der Waals surface area contributed by atoms with Gasteiger partial charge in [0.2, 0.25) is 0 Å². The van der Waals surface area contributed by atoms with E-state index in [1.165, 1.54) is 6.20 Å². The summed E-state index contributed by atoms with van der Waals surface area (Å²) in [5.74, 6) is 4.52. The summed E-state index contributed by atoms with van der Waals surface area (Å²) in [4.78, 5) is 11.1. The zero-order valence-electron chi connectivity index (χ0n) is 9.83. The Kier molecular flexibility index (Phi) is 3.72. The fourth-order valence-electron chi connectivity index (χ4n) is 1.36. The first kappa shape index (κ1) is 11.9. The zero-order chi connectivity index (χ0) is 12.8. The Bertz CT molecular complexity index is 593. The Balaban J connectivity index is 2.26. The summed E-state index contributed by atoms with van der Waals surface area (Å²) in [5, 5.41) is 7.70. The number of rotatable bonds is 2. The van der Waals surface area contributed by atoms with Crippen LogP contribution in [0.5, 0.6) is 0 Å². The molecule has 18 heavy (non-hydrogen) atoms. The second-order valence-corrected chi connectivity index (χ2v) is 3.34. The summed E-state index contributed by atoms with van der Waals surface area (Å²) in [6, 6.07) is 9.44. The van der Waals surface area contributed by atoms with Gasteiger partial charge in [0.25, 0.3) is 0 Å². The zero-order valence-corrected chi connectivity index (χ0v) is 9.83. The minimum absolute atomic E-state index is 0.309. The Morgan fingerprint density at radius 3 is 2.89 bits per heavy atom. The first-order valence-corrected chi connectivity index (χ1v) is 5.46. The van der Waals surface area contributed by atoms with Crippen LogP contribution in [0.1, 0.15) is 12.6 Å². The predicted molar refractivity (Wildman–Crippen MR) is 64.9 cm³/mol. The van der Waals surface area contributed by atoms with Crippen molar-refractivity contribution in [2.24, 2.45) is 0 Å². The summed E-state index contributed by atoms with van der Waals surface area (Å²) in [6.45, 7) is 2.04. The van der Waals surface area contributed by atoms with E-state index in [2.05, 4.69) is 22.2 Å². The molecular weight excluding hydrogens is 230 g/mol. The van der Waals surface area contributed by atoms with Gasteiger partial charge < -0.3 is 4.74 Å². The number of para-hydroxylation sites is 1. The molecule has 90 valence electrons. The monoisotopic (exact) mass is 241 g/mol. The van der Waals surface area contributed by atoms with Crippen molar-refractivity contribution < 1.29 is 9.53 Å². The van der Waals surface area contributed by atoms with Crippen LogP contribution in [0.4, 0.5) is 0 Å². The number of ether oxygens (including phenoxy) is 1. The number of carbonyl (C=O) groups excluding carboxylic acids is 1. The lowest BCUT2D eigenvalue weighted by Gasteiger charge is -2.00. The lowest BCUT2D eigenvalue weighted by Crippen LogP contribution is -2.02. The predicted octanol–water partition coefficient (Wildman–Crippen LogP) is 1.18. The smallest absolute Gasteiger partial charge is 0.384 e. The number of esters is 1. The standard InChI is InChI=1S/C13H11N3O2/c1-2-18-13(17)9-8-12-10-14-15-16(12)11-6-4-3-5-7-11/h3-7,10H,2H2,1H3. The summed E-state index contributed by atoms with van der Waals surface area (Å²) in [5.41, 5.74) is 1.37. The lowest BCUT2D eigenvalue weighted by atomic mass is 10.3. The van der Waals surface area contributed by atoms with Crippen LogP contribution in [0.3, 0.4) is 0 Å². The van der Waals surface area contributed by atoms with E-state index < -0.39 is 5.97 Å². The molecule has 2 rings (SSSR count). The average molecular weight is 241 g/mol. The van der Waals surface area contributed by atoms with Crippen molar-refractivity contribution in [3.8, 4) is 17.5 Å². The van der Waals surface area contributed by atoms with E-state index in [9.17, 15) is 4.79 Å². The molecule has 0 saturated carbocycles. The molecule has 0 bridgehead atoms. The minimum Gasteiger partial charge on any atom is -0.456 e. The van der Waals surface area contributed by atoms with Crippen molar-refractivity contribution in [2.45, 2.75) is 6.92 Å². The highest BCUT2D eigenvalue weighted by Crippen LogP contribution is 2.07. The average Bonchev–Trinajstić information content (AvgIpc) is 2.86. The maximum absolute atomic E-state index is 11.1. The molecule has 0 saturated heterocycles. The van der Waals surface area contributed by atoms with Gasteiger partial charge in [-0.25, -0.2) is 9.48 Å². The molecule has 0 aliphatic rings. The van der Waals surface area contributed by atoms with Gasteiger partial charge in [-0.3, -0.25) is 0 Å². The number of hydrogen-bond acceptors (Lipinski definition) is 4. The van der Waals surface area contributed by atoms with Crippen molar-refractivity contribution in [1.82, 2.24) is 15.0 Å². The van der Waals surface area contributed by atoms with Gasteiger partial charge in [-0.1, -0.05) is 23.4 Å². The van der Waals surface area contributed by atoms with E-state index in [1.807, 2.05) is 30.3 Å². The van der Waals surface area contributed by atoms with Crippen LogP contribution >= 0.6 is 0 Å². The van der Waals surface area contributed by atoms with E-state index in [4.69, 9.17) is 4.74 Å². The van der Waals surface area contributed by atoms with E-state index >= 15 is 0 Å². The van der Waals surface area contributed by atoms with Gasteiger partial charge in [0.05, 0.1) is 18.5 Å². The van der Waals surface area contributed by atoms with Crippen molar-refractivity contribution in [1.29, 1.82) is 0 Å². The summed E-state index contributed by atoms with van der Waals surface area (Å²) >= 11 is 0. The molecule has 1 heterocycles. The molecular formula is C13H11N3O2. The Morgan fingerprint density at radius 2 is 2.17 bits per heavy atom. The molecule has 0 radical (unpaired) electrons. The Morgan fingerprint density at radius 1 is 1.39 bits per heavy atom. The van der Waals surface area contributed by atoms with Gasteiger partial charge in [0, 0.05) is 5.92 Å². The van der Waals surface area contributed by atoms with E-state index in [0.29, 0.717) is 12.3 Å². The molecule has 2 aromatic rings. The largest absolute Gasteiger partial charge is 0.456 e. The summed E-state index contributed by atoms with van der Waals surface area (Å²) in [6.07, 6.45) is 1.50. The van der Waals surface area contributed by atoms with E-state index in [0.717, 1.165) is 5.69 Å². The summed E-state index contributed by atoms with van der Waals surface area (Å²) < 4.78 is 6.28.